The first-order valence-electron chi connectivity index (χ1n) is 5.28. The Balaban J connectivity index is 2.50. The van der Waals surface area contributed by atoms with Crippen LogP contribution in [-0.2, 0) is 10.0 Å². The van der Waals surface area contributed by atoms with E-state index in [1.165, 1.54) is 17.5 Å². The lowest BCUT2D eigenvalue weighted by Gasteiger charge is -2.20. The normalized spacial score (nSPS) is 11.4. The maximum Gasteiger partial charge on any atom is 0.269 e. The van der Waals surface area contributed by atoms with Crippen LogP contribution in [0.15, 0.2) is 35.4 Å². The molecule has 0 aliphatic carbocycles. The third kappa shape index (κ3) is 1.92. The second kappa shape index (κ2) is 4.34. The van der Waals surface area contributed by atoms with Gasteiger partial charge in [-0.05, 0) is 18.6 Å². The third-order valence-electron chi connectivity index (χ3n) is 2.73. The Bertz CT molecular complexity index is 663. The van der Waals surface area contributed by atoms with Crippen LogP contribution >= 0.6 is 0 Å². The van der Waals surface area contributed by atoms with Gasteiger partial charge < -0.3 is 5.73 Å². The number of nitrogens with zero attached hydrogens (tertiary/aromatic N) is 2. The summed E-state index contributed by atoms with van der Waals surface area (Å²) in [4.78, 5) is -0.0201. The van der Waals surface area contributed by atoms with Crippen molar-refractivity contribution in [1.29, 1.82) is 0 Å². The largest absolute Gasteiger partial charge is 0.383 e. The van der Waals surface area contributed by atoms with Crippen LogP contribution in [0.3, 0.4) is 0 Å². The number of para-hydroxylation sites is 1. The summed E-state index contributed by atoms with van der Waals surface area (Å²) in [7, 11) is -2.20. The van der Waals surface area contributed by atoms with Gasteiger partial charge in [0.25, 0.3) is 10.0 Å². The van der Waals surface area contributed by atoms with Crippen molar-refractivity contribution in [1.82, 2.24) is 10.2 Å². The Morgan fingerprint density at radius 3 is 2.56 bits per heavy atom. The Morgan fingerprint density at radius 2 is 2.00 bits per heavy atom. The van der Waals surface area contributed by atoms with Gasteiger partial charge in [0.1, 0.15) is 10.7 Å². The number of aromatic nitrogens is 2. The van der Waals surface area contributed by atoms with E-state index in [2.05, 4.69) is 10.2 Å². The molecule has 1 heterocycles. The molecule has 0 fully saturated rings. The number of benzene rings is 1. The summed E-state index contributed by atoms with van der Waals surface area (Å²) in [6.07, 6.45) is 1.21. The Kier molecular flexibility index (Phi) is 3.00. The summed E-state index contributed by atoms with van der Waals surface area (Å²) in [6.45, 7) is 1.85. The lowest BCUT2D eigenvalue weighted by Crippen LogP contribution is -2.27. The van der Waals surface area contributed by atoms with Crippen LogP contribution in [0.5, 0.6) is 0 Å². The maximum atomic E-state index is 12.4. The molecule has 6 nitrogen and oxygen atoms in total. The molecule has 0 atom stereocenters. The zero-order chi connectivity index (χ0) is 13.3. The molecule has 0 radical (unpaired) electrons. The van der Waals surface area contributed by atoms with Crippen LogP contribution in [0, 0.1) is 6.92 Å². The van der Waals surface area contributed by atoms with E-state index in [1.807, 2.05) is 19.1 Å². The first kappa shape index (κ1) is 12.4. The third-order valence-corrected chi connectivity index (χ3v) is 4.52. The minimum absolute atomic E-state index is 0.0201. The predicted molar refractivity (Wildman–Crippen MR) is 69.8 cm³/mol. The summed E-state index contributed by atoms with van der Waals surface area (Å²) >= 11 is 0. The number of nitrogens with two attached hydrogens (primary N) is 1. The maximum absolute atomic E-state index is 12.4. The SMILES string of the molecule is Cc1ccccc1N(C)S(=O)(=O)c1cn[nH]c1N. The summed E-state index contributed by atoms with van der Waals surface area (Å²) in [6, 6.07) is 7.22. The molecule has 0 aliphatic heterocycles. The van der Waals surface area contributed by atoms with Crippen molar-refractivity contribution >= 4 is 21.5 Å². The molecule has 0 unspecified atom stereocenters. The first-order valence-corrected chi connectivity index (χ1v) is 6.72. The summed E-state index contributed by atoms with van der Waals surface area (Å²) in [5.41, 5.74) is 7.03. The van der Waals surface area contributed by atoms with Crippen molar-refractivity contribution in [3.05, 3.63) is 36.0 Å². The second-order valence-corrected chi connectivity index (χ2v) is 5.84. The van der Waals surface area contributed by atoms with Crippen LogP contribution in [0.1, 0.15) is 5.56 Å². The number of aryl methyl sites for hydroxylation is 1. The van der Waals surface area contributed by atoms with Crippen molar-refractivity contribution in [3.63, 3.8) is 0 Å². The number of aromatic amines is 1. The average Bonchev–Trinajstić information content (AvgIpc) is 2.76. The minimum Gasteiger partial charge on any atom is -0.383 e. The zero-order valence-corrected chi connectivity index (χ0v) is 10.9. The lowest BCUT2D eigenvalue weighted by atomic mass is 10.2. The number of hydrogen-bond acceptors (Lipinski definition) is 4. The Labute approximate surface area is 105 Å². The Hall–Kier alpha value is -2.02. The highest BCUT2D eigenvalue weighted by Crippen LogP contribution is 2.26. The quantitative estimate of drug-likeness (QED) is 0.871. The second-order valence-electron chi connectivity index (χ2n) is 3.91. The highest BCUT2D eigenvalue weighted by Gasteiger charge is 2.25. The fraction of sp³-hybridized carbons (Fsp3) is 0.182. The molecule has 0 saturated heterocycles. The van der Waals surface area contributed by atoms with Crippen LogP contribution in [0.2, 0.25) is 0 Å². The Morgan fingerprint density at radius 1 is 1.33 bits per heavy atom. The highest BCUT2D eigenvalue weighted by atomic mass is 32.2. The number of anilines is 2. The van der Waals surface area contributed by atoms with Gasteiger partial charge in [-0.15, -0.1) is 0 Å². The smallest absolute Gasteiger partial charge is 0.269 e. The molecule has 1 aromatic heterocycles. The van der Waals surface area contributed by atoms with Gasteiger partial charge in [-0.3, -0.25) is 9.40 Å². The van der Waals surface area contributed by atoms with Gasteiger partial charge in [-0.2, -0.15) is 5.10 Å². The average molecular weight is 266 g/mol. The van der Waals surface area contributed by atoms with E-state index >= 15 is 0 Å². The molecule has 0 aliphatic rings. The molecule has 96 valence electrons. The van der Waals surface area contributed by atoms with E-state index < -0.39 is 10.0 Å². The van der Waals surface area contributed by atoms with E-state index in [0.29, 0.717) is 5.69 Å². The fourth-order valence-corrected chi connectivity index (χ4v) is 2.95. The number of hydrogen-bond donors (Lipinski definition) is 2. The van der Waals surface area contributed by atoms with Gasteiger partial charge in [0, 0.05) is 7.05 Å². The summed E-state index contributed by atoms with van der Waals surface area (Å²) < 4.78 is 25.9. The van der Waals surface area contributed by atoms with Gasteiger partial charge in [-0.1, -0.05) is 18.2 Å². The van der Waals surface area contributed by atoms with Gasteiger partial charge >= 0.3 is 0 Å². The molecule has 0 amide bonds. The van der Waals surface area contributed by atoms with E-state index in [0.717, 1.165) is 5.56 Å². The lowest BCUT2D eigenvalue weighted by molar-refractivity contribution is 0.594. The molecular weight excluding hydrogens is 252 g/mol. The monoisotopic (exact) mass is 266 g/mol. The zero-order valence-electron chi connectivity index (χ0n) is 10.1. The molecule has 7 heteroatoms. The summed E-state index contributed by atoms with van der Waals surface area (Å²) in [5.74, 6) is 0.0374. The van der Waals surface area contributed by atoms with Crippen molar-refractivity contribution in [2.45, 2.75) is 11.8 Å². The number of rotatable bonds is 3. The molecule has 0 bridgehead atoms. The van der Waals surface area contributed by atoms with Crippen molar-refractivity contribution in [3.8, 4) is 0 Å². The van der Waals surface area contributed by atoms with E-state index in [4.69, 9.17) is 5.73 Å². The standard InChI is InChI=1S/C11H14N4O2S/c1-8-5-3-4-6-9(8)15(2)18(16,17)10-7-13-14-11(10)12/h3-7H,1-2H3,(H3,12,13,14). The number of nitrogen functional groups attached to an aromatic ring is 1. The molecule has 3 N–H and O–H groups in total. The van der Waals surface area contributed by atoms with Crippen LogP contribution in [0.25, 0.3) is 0 Å². The molecule has 0 spiro atoms. The first-order chi connectivity index (χ1) is 8.44. The molecule has 0 saturated carbocycles. The van der Waals surface area contributed by atoms with Crippen LogP contribution in [0.4, 0.5) is 11.5 Å². The predicted octanol–water partition coefficient (Wildman–Crippen LogP) is 1.13. The van der Waals surface area contributed by atoms with Gasteiger partial charge in [0.2, 0.25) is 0 Å². The number of nitrogens with one attached hydrogen (secondary N) is 1. The highest BCUT2D eigenvalue weighted by molar-refractivity contribution is 7.93. The minimum atomic E-state index is -3.69. The molecule has 2 aromatic rings. The number of sulfonamides is 1. The van der Waals surface area contributed by atoms with E-state index in [9.17, 15) is 8.42 Å². The van der Waals surface area contributed by atoms with Gasteiger partial charge in [0.15, 0.2) is 0 Å². The molecule has 2 rings (SSSR count). The number of H-pyrrole nitrogens is 1. The molecule has 1 aromatic carbocycles. The molecule has 18 heavy (non-hydrogen) atoms. The van der Waals surface area contributed by atoms with Gasteiger partial charge in [-0.25, -0.2) is 8.42 Å². The topological polar surface area (TPSA) is 92.1 Å². The fourth-order valence-electron chi connectivity index (χ4n) is 1.68. The van der Waals surface area contributed by atoms with Gasteiger partial charge in [0.05, 0.1) is 11.9 Å². The van der Waals surface area contributed by atoms with Crippen molar-refractivity contribution < 1.29 is 8.42 Å². The van der Waals surface area contributed by atoms with Crippen molar-refractivity contribution in [2.75, 3.05) is 17.1 Å². The summed E-state index contributed by atoms with van der Waals surface area (Å²) in [5, 5.41) is 6.05. The van der Waals surface area contributed by atoms with Crippen LogP contribution in [-0.4, -0.2) is 25.7 Å². The van der Waals surface area contributed by atoms with Crippen molar-refractivity contribution in [2.24, 2.45) is 0 Å². The van der Waals surface area contributed by atoms with Crippen LogP contribution < -0.4 is 10.0 Å². The van der Waals surface area contributed by atoms with E-state index in [1.54, 1.807) is 12.1 Å². The van der Waals surface area contributed by atoms with E-state index in [-0.39, 0.29) is 10.7 Å². The molecular formula is C11H14N4O2S.